The van der Waals surface area contributed by atoms with Crippen molar-refractivity contribution in [2.45, 2.75) is 39.0 Å². The molecule has 0 aliphatic heterocycles. The van der Waals surface area contributed by atoms with Gasteiger partial charge in [-0.1, -0.05) is 6.07 Å². The second-order valence-corrected chi connectivity index (χ2v) is 6.43. The molecule has 0 unspecified atom stereocenters. The van der Waals surface area contributed by atoms with E-state index in [9.17, 15) is 18.0 Å². The van der Waals surface area contributed by atoms with E-state index in [0.29, 0.717) is 11.1 Å². The molecule has 0 N–H and O–H groups in total. The van der Waals surface area contributed by atoms with Gasteiger partial charge in [0, 0.05) is 12.6 Å². The van der Waals surface area contributed by atoms with Crippen LogP contribution in [0.15, 0.2) is 30.6 Å². The molecule has 1 heterocycles. The highest BCUT2D eigenvalue weighted by Crippen LogP contribution is 2.30. The summed E-state index contributed by atoms with van der Waals surface area (Å²) in [7, 11) is 0. The Bertz CT molecular complexity index is 827. The monoisotopic (exact) mass is 351 g/mol. The Hall–Kier alpha value is -2.82. The maximum absolute atomic E-state index is 12.7. The van der Waals surface area contributed by atoms with Crippen LogP contribution in [0.3, 0.4) is 0 Å². The highest BCUT2D eigenvalue weighted by atomic mass is 19.4. The van der Waals surface area contributed by atoms with Crippen molar-refractivity contribution in [1.29, 1.82) is 5.26 Å². The van der Waals surface area contributed by atoms with Crippen molar-refractivity contribution in [3.63, 3.8) is 0 Å². The molecule has 1 aromatic carbocycles. The third-order valence-electron chi connectivity index (χ3n) is 3.17. The van der Waals surface area contributed by atoms with E-state index in [4.69, 9.17) is 10.00 Å². The highest BCUT2D eigenvalue weighted by molar-refractivity contribution is 5.69. The first-order chi connectivity index (χ1) is 11.5. The average Bonchev–Trinajstić information content (AvgIpc) is 2.93. The molecule has 0 saturated carbocycles. The molecule has 25 heavy (non-hydrogen) atoms. The Morgan fingerprint density at radius 1 is 1.32 bits per heavy atom. The summed E-state index contributed by atoms with van der Waals surface area (Å²) in [6, 6.07) is 4.76. The quantitative estimate of drug-likeness (QED) is 0.815. The zero-order valence-corrected chi connectivity index (χ0v) is 13.9. The summed E-state index contributed by atoms with van der Waals surface area (Å²) in [6.07, 6.45) is -2.17. The molecule has 0 atom stereocenters. The minimum atomic E-state index is -4.51. The molecule has 0 aliphatic rings. The third kappa shape index (κ3) is 4.83. The number of halogens is 3. The van der Waals surface area contributed by atoms with Gasteiger partial charge in [0.1, 0.15) is 5.60 Å². The van der Waals surface area contributed by atoms with Crippen molar-refractivity contribution < 1.29 is 22.7 Å². The summed E-state index contributed by atoms with van der Waals surface area (Å²) in [4.78, 5) is 11.9. The zero-order valence-electron chi connectivity index (χ0n) is 13.9. The lowest BCUT2D eigenvalue weighted by atomic mass is 10.00. The standard InChI is InChI=1S/C17H16F3N3O2/c1-16(2,3)25-15(24)23-10-11(9-22-23)6-12-4-5-14(17(18,19)20)7-13(12)8-21/h4-5,7,9-10H,6H2,1-3H3. The maximum atomic E-state index is 12.7. The fraction of sp³-hybridized carbons (Fsp3) is 0.353. The van der Waals surface area contributed by atoms with Gasteiger partial charge in [-0.2, -0.15) is 28.2 Å². The second kappa shape index (κ2) is 6.59. The average molecular weight is 351 g/mol. The van der Waals surface area contributed by atoms with Crippen molar-refractivity contribution in [3.05, 3.63) is 52.8 Å². The molecule has 2 rings (SSSR count). The van der Waals surface area contributed by atoms with Crippen LogP contribution in [-0.2, 0) is 17.3 Å². The van der Waals surface area contributed by atoms with Crippen LogP contribution >= 0.6 is 0 Å². The fourth-order valence-corrected chi connectivity index (χ4v) is 2.09. The number of hydrogen-bond donors (Lipinski definition) is 0. The Labute approximate surface area is 142 Å². The molecule has 0 spiro atoms. The van der Waals surface area contributed by atoms with Gasteiger partial charge in [-0.25, -0.2) is 4.79 Å². The van der Waals surface area contributed by atoms with Crippen LogP contribution in [0, 0.1) is 11.3 Å². The Morgan fingerprint density at radius 2 is 2.00 bits per heavy atom. The predicted octanol–water partition coefficient (Wildman–Crippen LogP) is 4.15. The number of ether oxygens (including phenoxy) is 1. The molecule has 0 bridgehead atoms. The van der Waals surface area contributed by atoms with Crippen LogP contribution in [0.2, 0.25) is 0 Å². The molecule has 1 aromatic heterocycles. The lowest BCUT2D eigenvalue weighted by Gasteiger charge is -2.18. The van der Waals surface area contributed by atoms with E-state index in [2.05, 4.69) is 5.10 Å². The fourth-order valence-electron chi connectivity index (χ4n) is 2.09. The Balaban J connectivity index is 2.21. The van der Waals surface area contributed by atoms with Crippen LogP contribution in [-0.4, -0.2) is 21.5 Å². The van der Waals surface area contributed by atoms with Crippen LogP contribution < -0.4 is 0 Å². The number of benzene rings is 1. The number of carbonyl (C=O) groups excluding carboxylic acids is 1. The van der Waals surface area contributed by atoms with E-state index in [0.717, 1.165) is 16.8 Å². The third-order valence-corrected chi connectivity index (χ3v) is 3.17. The van der Waals surface area contributed by atoms with E-state index >= 15 is 0 Å². The van der Waals surface area contributed by atoms with E-state index in [1.54, 1.807) is 26.8 Å². The second-order valence-electron chi connectivity index (χ2n) is 6.43. The number of carbonyl (C=O) groups is 1. The van der Waals surface area contributed by atoms with E-state index in [-0.39, 0.29) is 12.0 Å². The van der Waals surface area contributed by atoms with Gasteiger partial charge in [0.05, 0.1) is 23.4 Å². The lowest BCUT2D eigenvalue weighted by Crippen LogP contribution is -2.27. The van der Waals surface area contributed by atoms with Crippen molar-refractivity contribution in [3.8, 4) is 6.07 Å². The summed E-state index contributed by atoms with van der Waals surface area (Å²) >= 11 is 0. The van der Waals surface area contributed by atoms with Gasteiger partial charge in [-0.15, -0.1) is 0 Å². The summed E-state index contributed by atoms with van der Waals surface area (Å²) in [5.74, 6) is 0. The van der Waals surface area contributed by atoms with Gasteiger partial charge in [0.2, 0.25) is 0 Å². The molecule has 0 fully saturated rings. The highest BCUT2D eigenvalue weighted by Gasteiger charge is 2.31. The van der Waals surface area contributed by atoms with Gasteiger partial charge in [-0.3, -0.25) is 0 Å². The molecule has 0 saturated heterocycles. The van der Waals surface area contributed by atoms with Crippen LogP contribution in [0.25, 0.3) is 0 Å². The first-order valence-corrected chi connectivity index (χ1v) is 7.37. The molecular weight excluding hydrogens is 335 g/mol. The minimum Gasteiger partial charge on any atom is -0.442 e. The van der Waals surface area contributed by atoms with Gasteiger partial charge < -0.3 is 4.74 Å². The van der Waals surface area contributed by atoms with Gasteiger partial charge >= 0.3 is 12.3 Å². The summed E-state index contributed by atoms with van der Waals surface area (Å²) < 4.78 is 44.3. The molecule has 2 aromatic rings. The number of nitriles is 1. The Morgan fingerprint density at radius 3 is 2.56 bits per heavy atom. The predicted molar refractivity (Wildman–Crippen MR) is 82.8 cm³/mol. The van der Waals surface area contributed by atoms with E-state index in [1.807, 2.05) is 0 Å². The molecule has 5 nitrogen and oxygen atoms in total. The lowest BCUT2D eigenvalue weighted by molar-refractivity contribution is -0.137. The van der Waals surface area contributed by atoms with Crippen LogP contribution in [0.4, 0.5) is 18.0 Å². The van der Waals surface area contributed by atoms with Gasteiger partial charge in [-0.05, 0) is 44.0 Å². The normalized spacial score (nSPS) is 11.9. The largest absolute Gasteiger partial charge is 0.442 e. The number of nitrogens with zero attached hydrogens (tertiary/aromatic N) is 3. The summed E-state index contributed by atoms with van der Waals surface area (Å²) in [5, 5.41) is 13.0. The minimum absolute atomic E-state index is 0.0696. The molecule has 132 valence electrons. The van der Waals surface area contributed by atoms with Crippen LogP contribution in [0.1, 0.15) is 43.0 Å². The van der Waals surface area contributed by atoms with Crippen molar-refractivity contribution in [2.75, 3.05) is 0 Å². The molecule has 0 aliphatic carbocycles. The molecule has 0 amide bonds. The SMILES string of the molecule is CC(C)(C)OC(=O)n1cc(Cc2ccc(C(F)(F)F)cc2C#N)cn1. The maximum Gasteiger partial charge on any atom is 0.435 e. The topological polar surface area (TPSA) is 67.9 Å². The number of aromatic nitrogens is 2. The smallest absolute Gasteiger partial charge is 0.435 e. The van der Waals surface area contributed by atoms with E-state index in [1.165, 1.54) is 18.5 Å². The first-order valence-electron chi connectivity index (χ1n) is 7.37. The summed E-state index contributed by atoms with van der Waals surface area (Å²) in [5.41, 5.74) is -0.636. The molecule has 8 heteroatoms. The number of hydrogen-bond acceptors (Lipinski definition) is 4. The first kappa shape index (κ1) is 18.5. The van der Waals surface area contributed by atoms with Crippen molar-refractivity contribution in [1.82, 2.24) is 9.78 Å². The number of alkyl halides is 3. The van der Waals surface area contributed by atoms with Crippen molar-refractivity contribution >= 4 is 6.09 Å². The molecular formula is C17H16F3N3O2. The zero-order chi connectivity index (χ0) is 18.8. The number of rotatable bonds is 2. The molecule has 0 radical (unpaired) electrons. The summed E-state index contributed by atoms with van der Waals surface area (Å²) in [6.45, 7) is 5.16. The van der Waals surface area contributed by atoms with Gasteiger partial charge in [0.15, 0.2) is 0 Å². The van der Waals surface area contributed by atoms with E-state index < -0.39 is 23.4 Å². The Kier molecular flexibility index (Phi) is 4.88. The van der Waals surface area contributed by atoms with Crippen molar-refractivity contribution in [2.24, 2.45) is 0 Å². The van der Waals surface area contributed by atoms with Gasteiger partial charge in [0.25, 0.3) is 0 Å². The van der Waals surface area contributed by atoms with Crippen LogP contribution in [0.5, 0.6) is 0 Å².